The van der Waals surface area contributed by atoms with Crippen LogP contribution in [0.15, 0.2) is 18.2 Å². The normalized spacial score (nSPS) is 23.0. The van der Waals surface area contributed by atoms with Crippen molar-refractivity contribution in [1.82, 2.24) is 4.90 Å². The summed E-state index contributed by atoms with van der Waals surface area (Å²) >= 11 is 0. The van der Waals surface area contributed by atoms with Crippen molar-refractivity contribution in [3.05, 3.63) is 23.8 Å². The molecule has 4 heteroatoms. The maximum atomic E-state index is 12.1. The summed E-state index contributed by atoms with van der Waals surface area (Å²) in [6, 6.07) is 5.60. The van der Waals surface area contributed by atoms with E-state index in [2.05, 4.69) is 24.1 Å². The molecule has 1 heterocycles. The van der Waals surface area contributed by atoms with Gasteiger partial charge in [-0.3, -0.25) is 4.79 Å². The predicted molar refractivity (Wildman–Crippen MR) is 88.2 cm³/mol. The Morgan fingerprint density at radius 3 is 2.86 bits per heavy atom. The number of nitrogens with zero attached hydrogens (tertiary/aromatic N) is 1. The number of carbonyl (C=O) groups excluding carboxylic acids is 1. The molecule has 1 aromatic rings. The molecule has 1 fully saturated rings. The first kappa shape index (κ1) is 15.8. The van der Waals surface area contributed by atoms with Gasteiger partial charge in [-0.1, -0.05) is 19.9 Å². The second-order valence-corrected chi connectivity index (χ2v) is 6.42. The van der Waals surface area contributed by atoms with Gasteiger partial charge < -0.3 is 16.0 Å². The van der Waals surface area contributed by atoms with Gasteiger partial charge in [-0.05, 0) is 49.4 Å². The molecule has 2 rings (SSSR count). The molecule has 1 aromatic carbocycles. The second-order valence-electron chi connectivity index (χ2n) is 6.42. The van der Waals surface area contributed by atoms with E-state index in [4.69, 9.17) is 5.73 Å². The van der Waals surface area contributed by atoms with E-state index in [9.17, 15) is 4.79 Å². The molecule has 1 saturated heterocycles. The van der Waals surface area contributed by atoms with Crippen LogP contribution in [0.2, 0.25) is 0 Å². The molecule has 21 heavy (non-hydrogen) atoms. The highest BCUT2D eigenvalue weighted by molar-refractivity contribution is 5.92. The first-order valence-corrected chi connectivity index (χ1v) is 7.84. The van der Waals surface area contributed by atoms with E-state index in [1.165, 1.54) is 6.42 Å². The smallest absolute Gasteiger partial charge is 0.225 e. The molecular weight excluding hydrogens is 262 g/mol. The highest BCUT2D eigenvalue weighted by Crippen LogP contribution is 2.22. The van der Waals surface area contributed by atoms with E-state index < -0.39 is 0 Å². The lowest BCUT2D eigenvalue weighted by Gasteiger charge is -2.35. The van der Waals surface area contributed by atoms with E-state index in [0.717, 1.165) is 42.7 Å². The zero-order valence-corrected chi connectivity index (χ0v) is 13.4. The number of anilines is 2. The van der Waals surface area contributed by atoms with E-state index in [1.54, 1.807) is 0 Å². The number of piperidine rings is 1. The minimum Gasteiger partial charge on any atom is -0.399 e. The summed E-state index contributed by atoms with van der Waals surface area (Å²) in [5.74, 6) is 1.58. The quantitative estimate of drug-likeness (QED) is 0.838. The number of amides is 1. The minimum absolute atomic E-state index is 0.0648. The first-order valence-electron chi connectivity index (χ1n) is 7.84. The Morgan fingerprint density at radius 2 is 2.14 bits per heavy atom. The molecule has 0 radical (unpaired) electrons. The fourth-order valence-corrected chi connectivity index (χ4v) is 2.80. The first-order chi connectivity index (χ1) is 9.95. The summed E-state index contributed by atoms with van der Waals surface area (Å²) in [6.45, 7) is 9.64. The standard InChI is InChI=1S/C17H27N3O/c1-12-6-8-20(11-14(12)3)9-7-17(21)19-16-10-15(18)5-4-13(16)2/h4-5,10,12,14H,6-9,11,18H2,1-3H3,(H,19,21). The van der Waals surface area contributed by atoms with Crippen molar-refractivity contribution in [3.8, 4) is 0 Å². The number of likely N-dealkylation sites (tertiary alicyclic amines) is 1. The molecule has 1 aliphatic heterocycles. The molecule has 0 bridgehead atoms. The van der Waals surface area contributed by atoms with E-state index >= 15 is 0 Å². The van der Waals surface area contributed by atoms with Crippen molar-refractivity contribution in [2.45, 2.75) is 33.6 Å². The molecule has 0 aromatic heterocycles. The zero-order valence-electron chi connectivity index (χ0n) is 13.4. The van der Waals surface area contributed by atoms with E-state index in [-0.39, 0.29) is 5.91 Å². The zero-order chi connectivity index (χ0) is 15.4. The van der Waals surface area contributed by atoms with Crippen LogP contribution in [-0.2, 0) is 4.79 Å². The van der Waals surface area contributed by atoms with Gasteiger partial charge >= 0.3 is 0 Å². The summed E-state index contributed by atoms with van der Waals surface area (Å²) in [7, 11) is 0. The van der Waals surface area contributed by atoms with Crippen molar-refractivity contribution < 1.29 is 4.79 Å². The fourth-order valence-electron chi connectivity index (χ4n) is 2.80. The number of aryl methyl sites for hydroxylation is 1. The van der Waals surface area contributed by atoms with Crippen LogP contribution >= 0.6 is 0 Å². The van der Waals surface area contributed by atoms with Gasteiger partial charge in [0.25, 0.3) is 0 Å². The number of carbonyl (C=O) groups is 1. The van der Waals surface area contributed by atoms with Gasteiger partial charge in [-0.15, -0.1) is 0 Å². The molecule has 0 spiro atoms. The molecule has 4 nitrogen and oxygen atoms in total. The van der Waals surface area contributed by atoms with Crippen LogP contribution in [-0.4, -0.2) is 30.4 Å². The van der Waals surface area contributed by atoms with Crippen LogP contribution in [0.3, 0.4) is 0 Å². The number of rotatable bonds is 4. The van der Waals surface area contributed by atoms with Gasteiger partial charge in [-0.25, -0.2) is 0 Å². The Morgan fingerprint density at radius 1 is 1.38 bits per heavy atom. The molecule has 1 amide bonds. The summed E-state index contributed by atoms with van der Waals surface area (Å²) < 4.78 is 0. The van der Waals surface area contributed by atoms with Crippen molar-refractivity contribution >= 4 is 17.3 Å². The third kappa shape index (κ3) is 4.46. The fraction of sp³-hybridized carbons (Fsp3) is 0.588. The number of hydrogen-bond donors (Lipinski definition) is 2. The highest BCUT2D eigenvalue weighted by atomic mass is 16.1. The molecule has 0 aliphatic carbocycles. The van der Waals surface area contributed by atoms with Gasteiger partial charge in [0.15, 0.2) is 0 Å². The minimum atomic E-state index is 0.0648. The number of nitrogen functional groups attached to an aromatic ring is 1. The van der Waals surface area contributed by atoms with Crippen LogP contribution < -0.4 is 11.1 Å². The van der Waals surface area contributed by atoms with Gasteiger partial charge in [0.1, 0.15) is 0 Å². The average molecular weight is 289 g/mol. The third-order valence-electron chi connectivity index (χ3n) is 4.61. The Labute approximate surface area is 127 Å². The Kier molecular flexibility index (Phi) is 5.23. The lowest BCUT2D eigenvalue weighted by atomic mass is 9.89. The molecule has 1 aliphatic rings. The molecule has 2 atom stereocenters. The highest BCUT2D eigenvalue weighted by Gasteiger charge is 2.22. The van der Waals surface area contributed by atoms with Gasteiger partial charge in [0.2, 0.25) is 5.91 Å². The summed E-state index contributed by atoms with van der Waals surface area (Å²) in [5, 5.41) is 2.96. The SMILES string of the molecule is Cc1ccc(N)cc1NC(=O)CCN1CCC(C)C(C)C1. The van der Waals surface area contributed by atoms with Crippen LogP contribution in [0.4, 0.5) is 11.4 Å². The van der Waals surface area contributed by atoms with E-state index in [0.29, 0.717) is 12.1 Å². The Balaban J connectivity index is 1.81. The Hall–Kier alpha value is -1.55. The summed E-state index contributed by atoms with van der Waals surface area (Å²) in [4.78, 5) is 14.5. The summed E-state index contributed by atoms with van der Waals surface area (Å²) in [6.07, 6.45) is 1.77. The number of nitrogens with two attached hydrogens (primary N) is 1. The maximum absolute atomic E-state index is 12.1. The number of benzene rings is 1. The molecular formula is C17H27N3O. The largest absolute Gasteiger partial charge is 0.399 e. The number of nitrogens with one attached hydrogen (secondary N) is 1. The molecule has 0 saturated carbocycles. The second kappa shape index (κ2) is 6.94. The summed E-state index contributed by atoms with van der Waals surface area (Å²) in [5.41, 5.74) is 8.30. The van der Waals surface area contributed by atoms with Crippen molar-refractivity contribution in [3.63, 3.8) is 0 Å². The molecule has 3 N–H and O–H groups in total. The molecule has 2 unspecified atom stereocenters. The number of hydrogen-bond acceptors (Lipinski definition) is 3. The topological polar surface area (TPSA) is 58.4 Å². The monoisotopic (exact) mass is 289 g/mol. The van der Waals surface area contributed by atoms with Gasteiger partial charge in [0, 0.05) is 30.9 Å². The predicted octanol–water partition coefficient (Wildman–Crippen LogP) is 2.88. The van der Waals surface area contributed by atoms with Crippen molar-refractivity contribution in [1.29, 1.82) is 0 Å². The van der Waals surface area contributed by atoms with Crippen LogP contribution in [0.25, 0.3) is 0 Å². The lowest BCUT2D eigenvalue weighted by Crippen LogP contribution is -2.39. The van der Waals surface area contributed by atoms with E-state index in [1.807, 2.05) is 25.1 Å². The Bertz CT molecular complexity index is 501. The average Bonchev–Trinajstić information content (AvgIpc) is 2.44. The van der Waals surface area contributed by atoms with Crippen molar-refractivity contribution in [2.75, 3.05) is 30.7 Å². The van der Waals surface area contributed by atoms with Crippen molar-refractivity contribution in [2.24, 2.45) is 11.8 Å². The maximum Gasteiger partial charge on any atom is 0.225 e. The lowest BCUT2D eigenvalue weighted by molar-refractivity contribution is -0.116. The third-order valence-corrected chi connectivity index (χ3v) is 4.61. The van der Waals surface area contributed by atoms with Crippen LogP contribution in [0, 0.1) is 18.8 Å². The van der Waals surface area contributed by atoms with Gasteiger partial charge in [-0.2, -0.15) is 0 Å². The van der Waals surface area contributed by atoms with Crippen LogP contribution in [0.5, 0.6) is 0 Å². The molecule has 116 valence electrons. The van der Waals surface area contributed by atoms with Gasteiger partial charge in [0.05, 0.1) is 0 Å². The van der Waals surface area contributed by atoms with Crippen LogP contribution in [0.1, 0.15) is 32.3 Å².